The van der Waals surface area contributed by atoms with Crippen LogP contribution in [0.1, 0.15) is 43.6 Å². The Labute approximate surface area is 180 Å². The van der Waals surface area contributed by atoms with E-state index in [1.807, 2.05) is 11.0 Å². The molecule has 0 bridgehead atoms. The van der Waals surface area contributed by atoms with Gasteiger partial charge in [0.2, 0.25) is 5.91 Å². The van der Waals surface area contributed by atoms with Gasteiger partial charge < -0.3 is 9.73 Å². The predicted molar refractivity (Wildman–Crippen MR) is 115 cm³/mol. The number of anilines is 1. The molecule has 5 rings (SSSR count). The molecule has 1 N–H and O–H groups in total. The summed E-state index contributed by atoms with van der Waals surface area (Å²) in [5.74, 6) is 1.73. The van der Waals surface area contributed by atoms with Crippen molar-refractivity contribution in [3.8, 4) is 11.5 Å². The van der Waals surface area contributed by atoms with Crippen molar-refractivity contribution < 1.29 is 13.6 Å². The second-order valence-electron chi connectivity index (χ2n) is 8.61. The number of fused-ring (bicyclic) bond motifs is 1. The van der Waals surface area contributed by atoms with E-state index in [2.05, 4.69) is 15.3 Å². The monoisotopic (exact) mass is 423 g/mol. The summed E-state index contributed by atoms with van der Waals surface area (Å²) in [5, 5.41) is 3.86. The van der Waals surface area contributed by atoms with Crippen molar-refractivity contribution in [1.82, 2.24) is 19.9 Å². The molecule has 3 aromatic heterocycles. The SMILES string of the molecule is Cc1ncc(-c2cc(CN3CC(F)C3)c3cnc(NC(=O)C4CCCCC4)cc3n2)o1. The number of nitrogens with one attached hydrogen (secondary N) is 1. The first-order valence-corrected chi connectivity index (χ1v) is 10.9. The van der Waals surface area contributed by atoms with Crippen molar-refractivity contribution in [2.75, 3.05) is 18.4 Å². The van der Waals surface area contributed by atoms with Crippen LogP contribution in [0.4, 0.5) is 10.2 Å². The molecule has 0 spiro atoms. The number of halogens is 1. The van der Waals surface area contributed by atoms with Crippen LogP contribution in [-0.4, -0.2) is 45.0 Å². The fourth-order valence-corrected chi connectivity index (χ4v) is 4.46. The molecule has 4 heterocycles. The fraction of sp³-hybridized carbons (Fsp3) is 0.478. The van der Waals surface area contributed by atoms with Gasteiger partial charge in [-0.05, 0) is 24.5 Å². The smallest absolute Gasteiger partial charge is 0.228 e. The zero-order chi connectivity index (χ0) is 21.4. The van der Waals surface area contributed by atoms with Crippen LogP contribution >= 0.6 is 0 Å². The molecule has 0 aromatic carbocycles. The summed E-state index contributed by atoms with van der Waals surface area (Å²) in [4.78, 5) is 28.1. The molecular formula is C23H26FN5O2. The van der Waals surface area contributed by atoms with Crippen molar-refractivity contribution in [2.24, 2.45) is 5.92 Å². The molecule has 162 valence electrons. The number of nitrogens with zero attached hydrogens (tertiary/aromatic N) is 4. The molecule has 1 aliphatic heterocycles. The second-order valence-corrected chi connectivity index (χ2v) is 8.61. The summed E-state index contributed by atoms with van der Waals surface area (Å²) in [6, 6.07) is 3.76. The molecule has 1 amide bonds. The first-order chi connectivity index (χ1) is 15.0. The number of carbonyl (C=O) groups excluding carboxylic acids is 1. The zero-order valence-corrected chi connectivity index (χ0v) is 17.6. The molecule has 1 saturated heterocycles. The number of amides is 1. The molecule has 1 aliphatic carbocycles. The van der Waals surface area contributed by atoms with Gasteiger partial charge in [0.25, 0.3) is 0 Å². The largest absolute Gasteiger partial charge is 0.439 e. The molecule has 1 saturated carbocycles. The Kier molecular flexibility index (Phi) is 5.40. The Morgan fingerprint density at radius 2 is 2.00 bits per heavy atom. The van der Waals surface area contributed by atoms with Crippen LogP contribution < -0.4 is 5.32 Å². The maximum atomic E-state index is 13.3. The van der Waals surface area contributed by atoms with E-state index in [-0.39, 0.29) is 11.8 Å². The highest BCUT2D eigenvalue weighted by Gasteiger charge is 2.27. The Bertz CT molecular complexity index is 1100. The van der Waals surface area contributed by atoms with Gasteiger partial charge in [0.1, 0.15) is 17.7 Å². The fourth-order valence-electron chi connectivity index (χ4n) is 4.46. The first kappa shape index (κ1) is 20.1. The van der Waals surface area contributed by atoms with E-state index < -0.39 is 6.17 Å². The van der Waals surface area contributed by atoms with E-state index in [1.165, 1.54) is 6.42 Å². The summed E-state index contributed by atoms with van der Waals surface area (Å²) in [6.07, 6.45) is 7.91. The first-order valence-electron chi connectivity index (χ1n) is 10.9. The predicted octanol–water partition coefficient (Wildman–Crippen LogP) is 4.27. The number of aryl methyl sites for hydroxylation is 1. The molecular weight excluding hydrogens is 397 g/mol. The number of carbonyl (C=O) groups is 1. The van der Waals surface area contributed by atoms with E-state index >= 15 is 0 Å². The highest BCUT2D eigenvalue weighted by atomic mass is 19.1. The van der Waals surface area contributed by atoms with E-state index in [0.717, 1.165) is 36.6 Å². The Balaban J connectivity index is 1.47. The summed E-state index contributed by atoms with van der Waals surface area (Å²) >= 11 is 0. The van der Waals surface area contributed by atoms with Gasteiger partial charge >= 0.3 is 0 Å². The molecule has 0 radical (unpaired) electrons. The summed E-state index contributed by atoms with van der Waals surface area (Å²) in [6.45, 7) is 3.26. The number of rotatable bonds is 5. The lowest BCUT2D eigenvalue weighted by atomic mass is 9.89. The van der Waals surface area contributed by atoms with E-state index in [9.17, 15) is 9.18 Å². The maximum Gasteiger partial charge on any atom is 0.228 e. The van der Waals surface area contributed by atoms with Crippen LogP contribution in [0, 0.1) is 12.8 Å². The standard InChI is InChI=1S/C23H26FN5O2/c1-14-25-10-21(31-14)20-7-16(11-29-12-17(24)13-29)18-9-26-22(8-19(18)27-20)28-23(30)15-5-3-2-4-6-15/h7-10,15,17H,2-6,11-13H2,1H3,(H,26,28,30). The van der Waals surface area contributed by atoms with Crippen molar-refractivity contribution in [3.05, 3.63) is 36.0 Å². The van der Waals surface area contributed by atoms with Crippen molar-refractivity contribution in [3.63, 3.8) is 0 Å². The third-order valence-corrected chi connectivity index (χ3v) is 6.19. The molecule has 2 fully saturated rings. The van der Waals surface area contributed by atoms with Gasteiger partial charge in [0.05, 0.1) is 11.7 Å². The molecule has 8 heteroatoms. The number of alkyl halides is 1. The number of oxazole rings is 1. The Hall–Kier alpha value is -2.87. The van der Waals surface area contributed by atoms with E-state index in [4.69, 9.17) is 9.40 Å². The summed E-state index contributed by atoms with van der Waals surface area (Å²) < 4.78 is 19.0. The average molecular weight is 423 g/mol. The number of pyridine rings is 2. The van der Waals surface area contributed by atoms with Gasteiger partial charge in [0, 0.05) is 50.1 Å². The zero-order valence-electron chi connectivity index (χ0n) is 17.6. The number of hydrogen-bond donors (Lipinski definition) is 1. The lowest BCUT2D eigenvalue weighted by molar-refractivity contribution is -0.120. The van der Waals surface area contributed by atoms with Crippen molar-refractivity contribution >= 4 is 22.6 Å². The van der Waals surface area contributed by atoms with E-state index in [1.54, 1.807) is 25.4 Å². The van der Waals surface area contributed by atoms with Crippen LogP contribution in [-0.2, 0) is 11.3 Å². The van der Waals surface area contributed by atoms with Gasteiger partial charge in [-0.3, -0.25) is 9.69 Å². The maximum absolute atomic E-state index is 13.3. The molecule has 7 nitrogen and oxygen atoms in total. The molecule has 2 aliphatic rings. The van der Waals surface area contributed by atoms with Crippen molar-refractivity contribution in [2.45, 2.75) is 51.7 Å². The van der Waals surface area contributed by atoms with Crippen molar-refractivity contribution in [1.29, 1.82) is 0 Å². The topological polar surface area (TPSA) is 84.2 Å². The Morgan fingerprint density at radius 1 is 1.19 bits per heavy atom. The van der Waals surface area contributed by atoms with Crippen LogP contribution in [0.2, 0.25) is 0 Å². The van der Waals surface area contributed by atoms with Crippen LogP contribution in [0.5, 0.6) is 0 Å². The lowest BCUT2D eigenvalue weighted by Crippen LogP contribution is -2.47. The second kappa shape index (κ2) is 8.34. The number of aromatic nitrogens is 3. The van der Waals surface area contributed by atoms with Crippen LogP contribution in [0.25, 0.3) is 22.4 Å². The third kappa shape index (κ3) is 4.30. The molecule has 0 atom stereocenters. The number of hydrogen-bond acceptors (Lipinski definition) is 6. The van der Waals surface area contributed by atoms with Gasteiger partial charge in [-0.25, -0.2) is 19.3 Å². The highest BCUT2D eigenvalue weighted by molar-refractivity contribution is 5.94. The minimum atomic E-state index is -0.760. The third-order valence-electron chi connectivity index (χ3n) is 6.19. The lowest BCUT2D eigenvalue weighted by Gasteiger charge is -2.34. The normalized spacial score (nSPS) is 18.3. The summed E-state index contributed by atoms with van der Waals surface area (Å²) in [5.41, 5.74) is 2.38. The molecule has 0 unspecified atom stereocenters. The highest BCUT2D eigenvalue weighted by Crippen LogP contribution is 2.29. The molecule has 3 aromatic rings. The minimum absolute atomic E-state index is 0.0309. The van der Waals surface area contributed by atoms with Crippen LogP contribution in [0.3, 0.4) is 0 Å². The van der Waals surface area contributed by atoms with Gasteiger partial charge in [0.15, 0.2) is 11.7 Å². The Morgan fingerprint density at radius 3 is 2.71 bits per heavy atom. The molecule has 31 heavy (non-hydrogen) atoms. The minimum Gasteiger partial charge on any atom is -0.439 e. The van der Waals surface area contributed by atoms with Gasteiger partial charge in [-0.1, -0.05) is 19.3 Å². The van der Waals surface area contributed by atoms with Crippen LogP contribution in [0.15, 0.2) is 28.9 Å². The average Bonchev–Trinajstić information content (AvgIpc) is 3.19. The quantitative estimate of drug-likeness (QED) is 0.660. The van der Waals surface area contributed by atoms with Gasteiger partial charge in [-0.2, -0.15) is 0 Å². The summed E-state index contributed by atoms with van der Waals surface area (Å²) in [7, 11) is 0. The van der Waals surface area contributed by atoms with E-state index in [0.29, 0.717) is 48.3 Å². The number of likely N-dealkylation sites (tertiary alicyclic amines) is 1. The van der Waals surface area contributed by atoms with Gasteiger partial charge in [-0.15, -0.1) is 0 Å².